The van der Waals surface area contributed by atoms with Gasteiger partial charge in [-0.05, 0) is 39.2 Å². The van der Waals surface area contributed by atoms with Crippen molar-refractivity contribution >= 4 is 17.8 Å². The molecule has 2 aliphatic rings. The summed E-state index contributed by atoms with van der Waals surface area (Å²) in [5, 5.41) is 2.53. The summed E-state index contributed by atoms with van der Waals surface area (Å²) >= 11 is 0. The fraction of sp³-hybridized carbons (Fsp3) is 0.500. The van der Waals surface area contributed by atoms with Gasteiger partial charge < -0.3 is 10.2 Å². The van der Waals surface area contributed by atoms with Crippen LogP contribution in [0.25, 0.3) is 0 Å². The van der Waals surface area contributed by atoms with E-state index in [2.05, 4.69) is 5.32 Å². The molecule has 1 aromatic carbocycles. The second kappa shape index (κ2) is 6.46. The quantitative estimate of drug-likeness (QED) is 0.850. The average Bonchev–Trinajstić information content (AvgIpc) is 2.79. The van der Waals surface area contributed by atoms with Crippen LogP contribution in [-0.2, 0) is 15.1 Å². The molecule has 25 heavy (non-hydrogen) atoms. The topological polar surface area (TPSA) is 69.7 Å². The molecule has 0 aliphatic carbocycles. The van der Waals surface area contributed by atoms with Crippen LogP contribution in [0, 0.1) is 5.82 Å². The van der Waals surface area contributed by atoms with Gasteiger partial charge in [0.15, 0.2) is 0 Å². The fourth-order valence-electron chi connectivity index (χ4n) is 3.58. The summed E-state index contributed by atoms with van der Waals surface area (Å²) in [6, 6.07) is 5.25. The van der Waals surface area contributed by atoms with Gasteiger partial charge in [0, 0.05) is 18.2 Å². The molecule has 0 spiro atoms. The number of carbonyl (C=O) groups excluding carboxylic acids is 3. The van der Waals surface area contributed by atoms with E-state index in [1.165, 1.54) is 25.1 Å². The predicted octanol–water partition coefficient (Wildman–Crippen LogP) is 1.99. The standard InChI is InChI=1S/C18H22FN3O3/c1-12-7-5-6-10-21(12)15(23)11-22-16(24)18(2,20-17(22)25)13-8-3-4-9-14(13)19/h3-4,8-9,12H,5-7,10-11H2,1-2H3,(H,20,25)/t12-,18-/m1/s1. The molecule has 2 heterocycles. The van der Waals surface area contributed by atoms with Gasteiger partial charge in [0.25, 0.3) is 5.91 Å². The number of nitrogens with zero attached hydrogens (tertiary/aromatic N) is 2. The Hall–Kier alpha value is -2.44. The van der Waals surface area contributed by atoms with E-state index >= 15 is 0 Å². The van der Waals surface area contributed by atoms with Gasteiger partial charge in [-0.2, -0.15) is 0 Å². The Kier molecular flexibility index (Phi) is 4.49. The Morgan fingerprint density at radius 3 is 2.72 bits per heavy atom. The van der Waals surface area contributed by atoms with Crippen molar-refractivity contribution in [2.45, 2.75) is 44.7 Å². The van der Waals surface area contributed by atoms with Crippen LogP contribution < -0.4 is 5.32 Å². The van der Waals surface area contributed by atoms with Crippen LogP contribution in [-0.4, -0.2) is 46.8 Å². The minimum atomic E-state index is -1.50. The average molecular weight is 347 g/mol. The minimum Gasteiger partial charge on any atom is -0.338 e. The largest absolute Gasteiger partial charge is 0.338 e. The van der Waals surface area contributed by atoms with Crippen molar-refractivity contribution in [3.63, 3.8) is 0 Å². The number of hydrogen-bond acceptors (Lipinski definition) is 3. The summed E-state index contributed by atoms with van der Waals surface area (Å²) < 4.78 is 14.1. The lowest BCUT2D eigenvalue weighted by Crippen LogP contribution is -2.48. The number of likely N-dealkylation sites (tertiary alicyclic amines) is 1. The molecule has 0 unspecified atom stereocenters. The van der Waals surface area contributed by atoms with Crippen molar-refractivity contribution in [1.82, 2.24) is 15.1 Å². The number of carbonyl (C=O) groups is 3. The first-order valence-corrected chi connectivity index (χ1v) is 8.53. The number of piperidine rings is 1. The first kappa shape index (κ1) is 17.4. The van der Waals surface area contributed by atoms with Crippen molar-refractivity contribution in [2.24, 2.45) is 0 Å². The van der Waals surface area contributed by atoms with E-state index in [4.69, 9.17) is 0 Å². The van der Waals surface area contributed by atoms with Gasteiger partial charge in [0.1, 0.15) is 17.9 Å². The van der Waals surface area contributed by atoms with Crippen LogP contribution in [0.3, 0.4) is 0 Å². The van der Waals surface area contributed by atoms with Crippen LogP contribution in [0.2, 0.25) is 0 Å². The Labute approximate surface area is 146 Å². The molecule has 6 nitrogen and oxygen atoms in total. The van der Waals surface area contributed by atoms with Crippen molar-refractivity contribution in [3.8, 4) is 0 Å². The molecule has 0 radical (unpaired) electrons. The molecule has 2 saturated heterocycles. The molecule has 0 aromatic heterocycles. The zero-order valence-electron chi connectivity index (χ0n) is 14.4. The highest BCUT2D eigenvalue weighted by Gasteiger charge is 2.51. The predicted molar refractivity (Wildman–Crippen MR) is 89.0 cm³/mol. The van der Waals surface area contributed by atoms with E-state index in [0.717, 1.165) is 24.2 Å². The van der Waals surface area contributed by atoms with Crippen LogP contribution in [0.5, 0.6) is 0 Å². The van der Waals surface area contributed by atoms with E-state index in [1.807, 2.05) is 6.92 Å². The molecule has 1 aromatic rings. The van der Waals surface area contributed by atoms with Gasteiger partial charge >= 0.3 is 6.03 Å². The molecular weight excluding hydrogens is 325 g/mol. The number of halogens is 1. The number of benzene rings is 1. The smallest absolute Gasteiger partial charge is 0.325 e. The second-order valence-electron chi connectivity index (χ2n) is 6.86. The molecule has 7 heteroatoms. The summed E-state index contributed by atoms with van der Waals surface area (Å²) in [5.41, 5.74) is -1.41. The number of hydrogen-bond donors (Lipinski definition) is 1. The lowest BCUT2D eigenvalue weighted by molar-refractivity contribution is -0.140. The Bertz CT molecular complexity index is 723. The van der Waals surface area contributed by atoms with Crippen molar-refractivity contribution < 1.29 is 18.8 Å². The highest BCUT2D eigenvalue weighted by molar-refractivity contribution is 6.09. The third-order valence-electron chi connectivity index (χ3n) is 5.10. The summed E-state index contributed by atoms with van der Waals surface area (Å²) in [6.07, 6.45) is 2.90. The van der Waals surface area contributed by atoms with Gasteiger partial charge in [0.05, 0.1) is 0 Å². The fourth-order valence-corrected chi connectivity index (χ4v) is 3.58. The Morgan fingerprint density at radius 2 is 2.04 bits per heavy atom. The number of rotatable bonds is 3. The molecule has 2 aliphatic heterocycles. The molecule has 1 N–H and O–H groups in total. The summed E-state index contributed by atoms with van der Waals surface area (Å²) in [7, 11) is 0. The van der Waals surface area contributed by atoms with Gasteiger partial charge in [0.2, 0.25) is 5.91 Å². The SMILES string of the molecule is C[C@@H]1CCCCN1C(=O)CN1C(=O)N[C@](C)(c2ccccc2F)C1=O. The number of amides is 4. The summed E-state index contributed by atoms with van der Waals surface area (Å²) in [5.74, 6) is -1.44. The molecular formula is C18H22FN3O3. The molecule has 0 bridgehead atoms. The molecule has 2 atom stereocenters. The van der Waals surface area contributed by atoms with Crippen LogP contribution in [0.4, 0.5) is 9.18 Å². The van der Waals surface area contributed by atoms with Crippen molar-refractivity contribution in [3.05, 3.63) is 35.6 Å². The maximum atomic E-state index is 14.1. The Morgan fingerprint density at radius 1 is 1.32 bits per heavy atom. The third-order valence-corrected chi connectivity index (χ3v) is 5.10. The summed E-state index contributed by atoms with van der Waals surface area (Å²) in [4.78, 5) is 40.2. The van der Waals surface area contributed by atoms with Gasteiger partial charge in [-0.3, -0.25) is 14.5 Å². The second-order valence-corrected chi connectivity index (χ2v) is 6.86. The zero-order valence-corrected chi connectivity index (χ0v) is 14.4. The summed E-state index contributed by atoms with van der Waals surface area (Å²) in [6.45, 7) is 3.74. The van der Waals surface area contributed by atoms with Gasteiger partial charge in [-0.1, -0.05) is 18.2 Å². The van der Waals surface area contributed by atoms with Crippen molar-refractivity contribution in [2.75, 3.05) is 13.1 Å². The third kappa shape index (κ3) is 2.99. The normalized spacial score (nSPS) is 26.8. The monoisotopic (exact) mass is 347 g/mol. The number of urea groups is 1. The first-order valence-electron chi connectivity index (χ1n) is 8.53. The maximum Gasteiger partial charge on any atom is 0.325 e. The molecule has 2 fully saturated rings. The van der Waals surface area contributed by atoms with Gasteiger partial charge in [-0.15, -0.1) is 0 Å². The van der Waals surface area contributed by atoms with E-state index in [0.29, 0.717) is 6.54 Å². The molecule has 3 rings (SSSR count). The van der Waals surface area contributed by atoms with Crippen LogP contribution >= 0.6 is 0 Å². The highest BCUT2D eigenvalue weighted by atomic mass is 19.1. The maximum absolute atomic E-state index is 14.1. The minimum absolute atomic E-state index is 0.0923. The van der Waals surface area contributed by atoms with Gasteiger partial charge in [-0.25, -0.2) is 9.18 Å². The number of imide groups is 1. The van der Waals surface area contributed by atoms with E-state index in [1.54, 1.807) is 11.0 Å². The van der Waals surface area contributed by atoms with E-state index in [9.17, 15) is 18.8 Å². The van der Waals surface area contributed by atoms with Crippen LogP contribution in [0.1, 0.15) is 38.7 Å². The highest BCUT2D eigenvalue weighted by Crippen LogP contribution is 2.30. The first-order chi connectivity index (χ1) is 11.8. The van der Waals surface area contributed by atoms with Crippen molar-refractivity contribution in [1.29, 1.82) is 0 Å². The zero-order chi connectivity index (χ0) is 18.2. The molecule has 134 valence electrons. The van der Waals surface area contributed by atoms with E-state index < -0.39 is 23.3 Å². The lowest BCUT2D eigenvalue weighted by atomic mass is 9.91. The molecule has 4 amide bonds. The molecule has 0 saturated carbocycles. The number of nitrogens with one attached hydrogen (secondary N) is 1. The Balaban J connectivity index is 1.80. The van der Waals surface area contributed by atoms with Crippen LogP contribution in [0.15, 0.2) is 24.3 Å². The van der Waals surface area contributed by atoms with E-state index in [-0.39, 0.29) is 24.1 Å². The lowest BCUT2D eigenvalue weighted by Gasteiger charge is -2.34.